The number of carbonyl (C=O) groups is 1. The fourth-order valence-electron chi connectivity index (χ4n) is 3.54. The molecule has 2 aromatic carbocycles. The Hall–Kier alpha value is -4.17. The summed E-state index contributed by atoms with van der Waals surface area (Å²) in [7, 11) is 0. The predicted molar refractivity (Wildman–Crippen MR) is 127 cm³/mol. The summed E-state index contributed by atoms with van der Waals surface area (Å²) in [4.78, 5) is 20.3. The van der Waals surface area contributed by atoms with Gasteiger partial charge in [0.2, 0.25) is 0 Å². The number of amides is 1. The highest BCUT2D eigenvalue weighted by atomic mass is 32.1. The molecule has 0 aliphatic rings. The van der Waals surface area contributed by atoms with E-state index < -0.39 is 0 Å². The highest BCUT2D eigenvalue weighted by Crippen LogP contribution is 2.28. The van der Waals surface area contributed by atoms with E-state index in [9.17, 15) is 9.90 Å². The van der Waals surface area contributed by atoms with Gasteiger partial charge in [0, 0.05) is 28.9 Å². The van der Waals surface area contributed by atoms with Gasteiger partial charge in [-0.25, -0.2) is 4.99 Å². The summed E-state index contributed by atoms with van der Waals surface area (Å²) in [6, 6.07) is 19.2. The van der Waals surface area contributed by atoms with Crippen LogP contribution in [0.15, 0.2) is 77.2 Å². The van der Waals surface area contributed by atoms with Gasteiger partial charge in [-0.15, -0.1) is 11.3 Å². The molecule has 0 atom stereocenters. The van der Waals surface area contributed by atoms with Crippen LogP contribution in [0.4, 0.5) is 11.5 Å². The Kier molecular flexibility index (Phi) is 5.27. The Balaban J connectivity index is 1.38. The van der Waals surface area contributed by atoms with Crippen LogP contribution in [0, 0.1) is 0 Å². The molecule has 4 N–H and O–H groups in total. The Morgan fingerprint density at radius 3 is 2.84 bits per heavy atom. The minimum atomic E-state index is -0.109. The summed E-state index contributed by atoms with van der Waals surface area (Å²) in [5, 5.41) is 22.7. The molecule has 0 unspecified atom stereocenters. The van der Waals surface area contributed by atoms with Crippen molar-refractivity contribution in [2.45, 2.75) is 6.42 Å². The van der Waals surface area contributed by atoms with Crippen LogP contribution in [-0.2, 0) is 6.42 Å². The van der Waals surface area contributed by atoms with Crippen LogP contribution in [-0.4, -0.2) is 32.4 Å². The summed E-state index contributed by atoms with van der Waals surface area (Å²) in [5.74, 6) is 0.567. The van der Waals surface area contributed by atoms with Crippen molar-refractivity contribution in [3.05, 3.63) is 93.8 Å². The number of thiophene rings is 1. The van der Waals surface area contributed by atoms with E-state index >= 15 is 0 Å². The van der Waals surface area contributed by atoms with Crippen LogP contribution in [0.25, 0.3) is 10.9 Å². The minimum Gasteiger partial charge on any atom is -0.494 e. The van der Waals surface area contributed by atoms with Crippen molar-refractivity contribution < 1.29 is 9.90 Å². The molecular formula is C24H19N5O2S. The van der Waals surface area contributed by atoms with E-state index in [1.54, 1.807) is 24.5 Å². The van der Waals surface area contributed by atoms with Gasteiger partial charge in [0.15, 0.2) is 5.88 Å². The molecule has 0 radical (unpaired) electrons. The van der Waals surface area contributed by atoms with Crippen molar-refractivity contribution in [2.75, 3.05) is 5.32 Å². The summed E-state index contributed by atoms with van der Waals surface area (Å²) in [5.41, 5.74) is 4.35. The lowest BCUT2D eigenvalue weighted by Crippen LogP contribution is -2.10. The topological polar surface area (TPSA) is 106 Å². The number of benzene rings is 2. The molecule has 5 rings (SSSR count). The first-order chi connectivity index (χ1) is 15.7. The maximum absolute atomic E-state index is 12.3. The maximum Gasteiger partial charge on any atom is 0.265 e. The van der Waals surface area contributed by atoms with Crippen LogP contribution in [0.2, 0.25) is 0 Å². The molecule has 0 saturated heterocycles. The number of anilines is 1. The van der Waals surface area contributed by atoms with Gasteiger partial charge in [0.05, 0.1) is 16.6 Å². The van der Waals surface area contributed by atoms with Gasteiger partial charge in [-0.2, -0.15) is 5.10 Å². The molecule has 0 aliphatic carbocycles. The predicted octanol–water partition coefficient (Wildman–Crippen LogP) is 5.25. The molecule has 0 fully saturated rings. The van der Waals surface area contributed by atoms with Gasteiger partial charge < -0.3 is 15.4 Å². The normalized spacial score (nSPS) is 11.4. The Morgan fingerprint density at radius 1 is 1.12 bits per heavy atom. The van der Waals surface area contributed by atoms with E-state index in [4.69, 9.17) is 0 Å². The first-order valence-electron chi connectivity index (χ1n) is 9.96. The molecule has 7 nitrogen and oxygen atoms in total. The number of carbonyl (C=O) groups excluding carboxylic acids is 1. The average Bonchev–Trinajstić information content (AvgIpc) is 3.54. The van der Waals surface area contributed by atoms with Gasteiger partial charge in [-0.3, -0.25) is 9.89 Å². The molecule has 158 valence electrons. The standard InChI is InChI=1S/C24H19N5O2S/c30-23-19(14-25-22-8-9-26-29-22)18-13-16(6-7-20(18)28-23)11-15-3-1-4-17(12-15)27-24(31)21-5-2-10-32-21/h1-10,12-14,28,30H,11H2,(H,26,29)(H,27,31). The lowest BCUT2D eigenvalue weighted by atomic mass is 10.0. The molecule has 0 spiro atoms. The van der Waals surface area contributed by atoms with Crippen molar-refractivity contribution in [1.82, 2.24) is 15.2 Å². The molecule has 0 saturated carbocycles. The van der Waals surface area contributed by atoms with Crippen molar-refractivity contribution in [3.8, 4) is 5.88 Å². The second-order valence-electron chi connectivity index (χ2n) is 7.28. The number of fused-ring (bicyclic) bond motifs is 1. The number of nitrogens with zero attached hydrogens (tertiary/aromatic N) is 2. The van der Waals surface area contributed by atoms with Crippen LogP contribution in [0.5, 0.6) is 5.88 Å². The summed E-state index contributed by atoms with van der Waals surface area (Å²) < 4.78 is 0. The monoisotopic (exact) mass is 441 g/mol. The summed E-state index contributed by atoms with van der Waals surface area (Å²) in [6.45, 7) is 0. The fourth-order valence-corrected chi connectivity index (χ4v) is 4.16. The third-order valence-corrected chi connectivity index (χ3v) is 5.91. The van der Waals surface area contributed by atoms with Gasteiger partial charge in [-0.1, -0.05) is 24.3 Å². The molecular weight excluding hydrogens is 422 g/mol. The van der Waals surface area contributed by atoms with Crippen molar-refractivity contribution in [1.29, 1.82) is 0 Å². The van der Waals surface area contributed by atoms with E-state index in [2.05, 4.69) is 25.5 Å². The van der Waals surface area contributed by atoms with Gasteiger partial charge >= 0.3 is 0 Å². The summed E-state index contributed by atoms with van der Waals surface area (Å²) >= 11 is 1.41. The second kappa shape index (κ2) is 8.52. The average molecular weight is 442 g/mol. The van der Waals surface area contributed by atoms with E-state index in [0.717, 1.165) is 27.7 Å². The number of H-pyrrole nitrogens is 2. The zero-order valence-electron chi connectivity index (χ0n) is 16.9. The number of aliphatic imine (C=N–C) groups is 1. The zero-order chi connectivity index (χ0) is 21.9. The Bertz CT molecular complexity index is 1400. The zero-order valence-corrected chi connectivity index (χ0v) is 17.7. The molecule has 3 aromatic heterocycles. The van der Waals surface area contributed by atoms with Gasteiger partial charge in [0.1, 0.15) is 5.82 Å². The van der Waals surface area contributed by atoms with Crippen LogP contribution < -0.4 is 5.32 Å². The number of aromatic hydroxyl groups is 1. The Labute approximate surface area is 187 Å². The smallest absolute Gasteiger partial charge is 0.265 e. The van der Waals surface area contributed by atoms with Gasteiger partial charge in [0.25, 0.3) is 5.91 Å². The number of nitrogens with one attached hydrogen (secondary N) is 3. The molecule has 3 heterocycles. The number of hydrogen-bond donors (Lipinski definition) is 4. The van der Waals surface area contributed by atoms with Crippen molar-refractivity contribution >= 4 is 45.9 Å². The maximum atomic E-state index is 12.3. The molecule has 8 heteroatoms. The fraction of sp³-hybridized carbons (Fsp3) is 0.0417. The van der Waals surface area contributed by atoms with Crippen molar-refractivity contribution in [3.63, 3.8) is 0 Å². The Morgan fingerprint density at radius 2 is 2.03 bits per heavy atom. The molecule has 5 aromatic rings. The van der Waals surface area contributed by atoms with E-state index in [0.29, 0.717) is 22.7 Å². The number of hydrogen-bond acceptors (Lipinski definition) is 5. The van der Waals surface area contributed by atoms with Crippen LogP contribution in [0.3, 0.4) is 0 Å². The molecule has 0 aliphatic heterocycles. The van der Waals surface area contributed by atoms with E-state index in [-0.39, 0.29) is 11.8 Å². The number of aromatic amines is 2. The number of rotatable bonds is 6. The largest absolute Gasteiger partial charge is 0.494 e. The summed E-state index contributed by atoms with van der Waals surface area (Å²) in [6.07, 6.45) is 3.92. The van der Waals surface area contributed by atoms with Crippen LogP contribution in [0.1, 0.15) is 26.4 Å². The minimum absolute atomic E-state index is 0.0682. The first-order valence-corrected chi connectivity index (χ1v) is 10.8. The highest BCUT2D eigenvalue weighted by molar-refractivity contribution is 7.12. The SMILES string of the molecule is O=C(Nc1cccc(Cc2ccc3[nH]c(O)c(C=Nc4ccn[nH]4)c3c2)c1)c1cccs1. The molecule has 32 heavy (non-hydrogen) atoms. The van der Waals surface area contributed by atoms with Gasteiger partial charge in [-0.05, 0) is 53.3 Å². The number of aromatic nitrogens is 3. The first kappa shape index (κ1) is 19.8. The van der Waals surface area contributed by atoms with Crippen LogP contribution >= 0.6 is 11.3 Å². The molecule has 0 bridgehead atoms. The third-order valence-electron chi connectivity index (χ3n) is 5.04. The lowest BCUT2D eigenvalue weighted by molar-refractivity contribution is 0.103. The van der Waals surface area contributed by atoms with E-state index in [1.807, 2.05) is 53.9 Å². The van der Waals surface area contributed by atoms with Crippen molar-refractivity contribution in [2.24, 2.45) is 4.99 Å². The highest BCUT2D eigenvalue weighted by Gasteiger charge is 2.11. The quantitative estimate of drug-likeness (QED) is 0.270. The molecule has 1 amide bonds. The third kappa shape index (κ3) is 4.17. The second-order valence-corrected chi connectivity index (χ2v) is 8.22. The van der Waals surface area contributed by atoms with E-state index in [1.165, 1.54) is 11.3 Å². The lowest BCUT2D eigenvalue weighted by Gasteiger charge is -2.07.